The van der Waals surface area contributed by atoms with Crippen molar-refractivity contribution in [3.8, 4) is 0 Å². The lowest BCUT2D eigenvalue weighted by Crippen LogP contribution is -2.32. The van der Waals surface area contributed by atoms with E-state index in [9.17, 15) is 20.4 Å². The summed E-state index contributed by atoms with van der Waals surface area (Å²) in [5, 5.41) is 37.0. The molecule has 10 nitrogen and oxygen atoms in total. The van der Waals surface area contributed by atoms with Gasteiger partial charge < -0.3 is 30.2 Å². The molecule has 0 spiro atoms. The molecular formula is C14H21ClN6O4. The van der Waals surface area contributed by atoms with Crippen LogP contribution in [0.25, 0.3) is 11.0 Å². The van der Waals surface area contributed by atoms with E-state index >= 15 is 0 Å². The first-order valence-corrected chi connectivity index (χ1v) is 8.15. The number of aliphatic hydroxyl groups excluding tert-OH is 4. The maximum atomic E-state index is 9.25. The minimum atomic E-state index is -0.137. The summed E-state index contributed by atoms with van der Waals surface area (Å²) in [6, 6.07) is 0. The van der Waals surface area contributed by atoms with Gasteiger partial charge >= 0.3 is 0 Å². The number of anilines is 2. The molecule has 0 bridgehead atoms. The third kappa shape index (κ3) is 4.61. The van der Waals surface area contributed by atoms with Crippen molar-refractivity contribution in [2.45, 2.75) is 0 Å². The molecule has 0 atom stereocenters. The van der Waals surface area contributed by atoms with Crippen LogP contribution in [0.2, 0.25) is 5.28 Å². The Morgan fingerprint density at radius 2 is 1.24 bits per heavy atom. The Hall–Kier alpha value is -1.85. The Morgan fingerprint density at radius 3 is 1.76 bits per heavy atom. The average molecular weight is 373 g/mol. The van der Waals surface area contributed by atoms with Crippen molar-refractivity contribution in [3.63, 3.8) is 0 Å². The number of hydrogen-bond donors (Lipinski definition) is 4. The first-order valence-electron chi connectivity index (χ1n) is 7.77. The van der Waals surface area contributed by atoms with Crippen LogP contribution >= 0.6 is 11.6 Å². The van der Waals surface area contributed by atoms with Crippen LogP contribution in [0.5, 0.6) is 0 Å². The Balaban J connectivity index is 2.60. The Labute approximate surface area is 149 Å². The molecule has 0 aliphatic rings. The van der Waals surface area contributed by atoms with Crippen LogP contribution in [-0.4, -0.2) is 93.0 Å². The van der Waals surface area contributed by atoms with Crippen molar-refractivity contribution >= 4 is 34.3 Å². The number of halogens is 1. The first-order chi connectivity index (χ1) is 12.2. The third-order valence-electron chi connectivity index (χ3n) is 3.50. The molecule has 2 aromatic heterocycles. The van der Waals surface area contributed by atoms with Gasteiger partial charge in [-0.15, -0.1) is 0 Å². The summed E-state index contributed by atoms with van der Waals surface area (Å²) in [4.78, 5) is 20.1. The van der Waals surface area contributed by atoms with Crippen LogP contribution in [-0.2, 0) is 0 Å². The van der Waals surface area contributed by atoms with Crippen LogP contribution in [0.3, 0.4) is 0 Å². The van der Waals surface area contributed by atoms with Gasteiger partial charge in [-0.2, -0.15) is 4.98 Å². The molecule has 0 unspecified atom stereocenters. The summed E-state index contributed by atoms with van der Waals surface area (Å²) in [6.07, 6.45) is 1.33. The van der Waals surface area contributed by atoms with Crippen LogP contribution in [0.4, 0.5) is 11.6 Å². The lowest BCUT2D eigenvalue weighted by molar-refractivity contribution is 0.280. The molecular weight excluding hydrogens is 352 g/mol. The molecule has 0 saturated carbocycles. The molecule has 0 saturated heterocycles. The molecule has 0 aliphatic heterocycles. The zero-order valence-electron chi connectivity index (χ0n) is 13.6. The number of aromatic nitrogens is 4. The van der Waals surface area contributed by atoms with E-state index in [1.165, 1.54) is 6.33 Å². The van der Waals surface area contributed by atoms with Crippen molar-refractivity contribution in [1.29, 1.82) is 0 Å². The Kier molecular flexibility index (Phi) is 7.47. The zero-order valence-corrected chi connectivity index (χ0v) is 14.3. The van der Waals surface area contributed by atoms with Crippen LogP contribution in [0, 0.1) is 0 Å². The normalized spacial score (nSPS) is 11.1. The molecule has 0 aliphatic carbocycles. The standard InChI is InChI=1S/C14H21ClN6O4/c15-14-18-11-10(13(19-14)21(3-7-24)4-8-25)16-9-17-12(11)20(1-5-22)2-6-23/h9,22-25H,1-8H2. The smallest absolute Gasteiger partial charge is 0.225 e. The van der Waals surface area contributed by atoms with Crippen LogP contribution in [0.1, 0.15) is 0 Å². The van der Waals surface area contributed by atoms with Gasteiger partial charge in [0.15, 0.2) is 11.6 Å². The Morgan fingerprint density at radius 1 is 0.720 bits per heavy atom. The fourth-order valence-electron chi connectivity index (χ4n) is 2.48. The first kappa shape index (κ1) is 19.5. The molecule has 25 heavy (non-hydrogen) atoms. The summed E-state index contributed by atoms with van der Waals surface area (Å²) in [7, 11) is 0. The predicted octanol–water partition coefficient (Wildman–Crippen LogP) is -1.34. The molecule has 4 N–H and O–H groups in total. The van der Waals surface area contributed by atoms with Crippen molar-refractivity contribution in [2.24, 2.45) is 0 Å². The topological polar surface area (TPSA) is 139 Å². The monoisotopic (exact) mass is 372 g/mol. The largest absolute Gasteiger partial charge is 0.395 e. The van der Waals surface area contributed by atoms with E-state index in [2.05, 4.69) is 19.9 Å². The van der Waals surface area contributed by atoms with Gasteiger partial charge in [-0.05, 0) is 11.6 Å². The van der Waals surface area contributed by atoms with E-state index in [1.54, 1.807) is 9.80 Å². The molecule has 0 amide bonds. The molecule has 2 heterocycles. The number of hydrogen-bond acceptors (Lipinski definition) is 10. The lowest BCUT2D eigenvalue weighted by atomic mass is 10.3. The lowest BCUT2D eigenvalue weighted by Gasteiger charge is -2.25. The Bertz CT molecular complexity index is 680. The van der Waals surface area contributed by atoms with E-state index in [-0.39, 0.29) is 57.9 Å². The highest BCUT2D eigenvalue weighted by Gasteiger charge is 2.20. The van der Waals surface area contributed by atoms with E-state index in [0.717, 1.165) is 0 Å². The van der Waals surface area contributed by atoms with Crippen molar-refractivity contribution < 1.29 is 20.4 Å². The second-order valence-corrected chi connectivity index (χ2v) is 5.42. The zero-order chi connectivity index (χ0) is 18.2. The predicted molar refractivity (Wildman–Crippen MR) is 92.9 cm³/mol. The van der Waals surface area contributed by atoms with Gasteiger partial charge in [0, 0.05) is 26.2 Å². The van der Waals surface area contributed by atoms with Crippen molar-refractivity contribution in [3.05, 3.63) is 11.6 Å². The van der Waals surface area contributed by atoms with E-state index < -0.39 is 0 Å². The van der Waals surface area contributed by atoms with Gasteiger partial charge in [-0.3, -0.25) is 0 Å². The van der Waals surface area contributed by atoms with Gasteiger partial charge in [0.1, 0.15) is 17.4 Å². The maximum absolute atomic E-state index is 9.25. The molecule has 0 aromatic carbocycles. The highest BCUT2D eigenvalue weighted by Crippen LogP contribution is 2.28. The highest BCUT2D eigenvalue weighted by atomic mass is 35.5. The fourth-order valence-corrected chi connectivity index (χ4v) is 2.64. The van der Waals surface area contributed by atoms with Gasteiger partial charge in [-0.25, -0.2) is 15.0 Å². The maximum Gasteiger partial charge on any atom is 0.225 e. The second-order valence-electron chi connectivity index (χ2n) is 5.08. The highest BCUT2D eigenvalue weighted by molar-refractivity contribution is 6.29. The summed E-state index contributed by atoms with van der Waals surface area (Å²) < 4.78 is 0. The van der Waals surface area contributed by atoms with Crippen LogP contribution in [0.15, 0.2) is 6.33 Å². The van der Waals surface area contributed by atoms with Gasteiger partial charge in [0.05, 0.1) is 26.4 Å². The van der Waals surface area contributed by atoms with Crippen LogP contribution < -0.4 is 9.80 Å². The molecule has 0 fully saturated rings. The van der Waals surface area contributed by atoms with E-state index in [1.807, 2.05) is 0 Å². The van der Waals surface area contributed by atoms with Gasteiger partial charge in [0.2, 0.25) is 5.28 Å². The SMILES string of the molecule is OCCN(CCO)c1nc(Cl)nc2c(N(CCO)CCO)ncnc12. The number of fused-ring (bicyclic) bond motifs is 1. The summed E-state index contributed by atoms with van der Waals surface area (Å²) in [5.74, 6) is 0.779. The number of rotatable bonds is 10. The molecule has 2 aromatic rings. The van der Waals surface area contributed by atoms with Crippen molar-refractivity contribution in [1.82, 2.24) is 19.9 Å². The average Bonchev–Trinajstić information content (AvgIpc) is 2.60. The molecule has 0 radical (unpaired) electrons. The fraction of sp³-hybridized carbons (Fsp3) is 0.571. The summed E-state index contributed by atoms with van der Waals surface area (Å²) in [5.41, 5.74) is 0.762. The molecule has 2 rings (SSSR count). The molecule has 138 valence electrons. The second kappa shape index (κ2) is 9.59. The van der Waals surface area contributed by atoms with E-state index in [0.29, 0.717) is 22.7 Å². The minimum absolute atomic E-state index is 0.0348. The number of nitrogens with zero attached hydrogens (tertiary/aromatic N) is 6. The minimum Gasteiger partial charge on any atom is -0.395 e. The summed E-state index contributed by atoms with van der Waals surface area (Å²) in [6.45, 7) is 0.445. The third-order valence-corrected chi connectivity index (χ3v) is 3.66. The van der Waals surface area contributed by atoms with E-state index in [4.69, 9.17) is 11.6 Å². The van der Waals surface area contributed by atoms with Gasteiger partial charge in [0.25, 0.3) is 0 Å². The summed E-state index contributed by atoms with van der Waals surface area (Å²) >= 11 is 6.05. The molecule has 11 heteroatoms. The van der Waals surface area contributed by atoms with Gasteiger partial charge in [-0.1, -0.05) is 0 Å². The van der Waals surface area contributed by atoms with Crippen molar-refractivity contribution in [2.75, 3.05) is 62.4 Å². The quantitative estimate of drug-likeness (QED) is 0.370. The number of aliphatic hydroxyl groups is 4.